The molecule has 1 rings (SSSR count). The van der Waals surface area contributed by atoms with Crippen molar-refractivity contribution in [3.05, 3.63) is 29.3 Å². The summed E-state index contributed by atoms with van der Waals surface area (Å²) in [5.41, 5.74) is 1.89. The van der Waals surface area contributed by atoms with Gasteiger partial charge >= 0.3 is 0 Å². The lowest BCUT2D eigenvalue weighted by atomic mass is 9.98. The first-order chi connectivity index (χ1) is 9.53. The van der Waals surface area contributed by atoms with Gasteiger partial charge in [-0.3, -0.25) is 9.69 Å². The van der Waals surface area contributed by atoms with Crippen molar-refractivity contribution in [3.8, 4) is 5.75 Å². The molecule has 0 aliphatic heterocycles. The van der Waals surface area contributed by atoms with E-state index in [-0.39, 0.29) is 5.78 Å². The van der Waals surface area contributed by atoms with Gasteiger partial charge in [0.1, 0.15) is 5.75 Å². The lowest BCUT2D eigenvalue weighted by molar-refractivity contribution is 0.0933. The largest absolute Gasteiger partial charge is 0.493 e. The molecule has 0 N–H and O–H groups in total. The van der Waals surface area contributed by atoms with Crippen LogP contribution in [0.2, 0.25) is 0 Å². The maximum absolute atomic E-state index is 12.5. The molecule has 0 aliphatic rings. The van der Waals surface area contributed by atoms with Gasteiger partial charge in [0.15, 0.2) is 5.78 Å². The number of ether oxygens (including phenoxy) is 1. The standard InChI is InChI=1S/C17H27NO2/c1-6-18(7-2)12-16(19)15-11-14(13(4)5)9-10-17(15)20-8-3/h9-11,13H,6-8,12H2,1-5H3. The summed E-state index contributed by atoms with van der Waals surface area (Å²) in [5, 5.41) is 0. The molecule has 112 valence electrons. The number of ketones is 1. The van der Waals surface area contributed by atoms with Gasteiger partial charge in [-0.25, -0.2) is 0 Å². The van der Waals surface area contributed by atoms with Crippen LogP contribution in [0, 0.1) is 0 Å². The lowest BCUT2D eigenvalue weighted by Gasteiger charge is -2.19. The van der Waals surface area contributed by atoms with Crippen LogP contribution in [0.4, 0.5) is 0 Å². The fourth-order valence-electron chi connectivity index (χ4n) is 2.14. The van der Waals surface area contributed by atoms with Gasteiger partial charge in [-0.1, -0.05) is 33.8 Å². The van der Waals surface area contributed by atoms with Crippen LogP contribution in [-0.2, 0) is 0 Å². The van der Waals surface area contributed by atoms with Crippen molar-refractivity contribution in [1.29, 1.82) is 0 Å². The molecule has 0 amide bonds. The molecule has 0 spiro atoms. The van der Waals surface area contributed by atoms with E-state index >= 15 is 0 Å². The molecule has 0 atom stereocenters. The zero-order valence-electron chi connectivity index (χ0n) is 13.4. The molecule has 0 aliphatic carbocycles. The predicted octanol–water partition coefficient (Wildman–Crippen LogP) is 3.73. The zero-order valence-corrected chi connectivity index (χ0v) is 13.4. The Bertz CT molecular complexity index is 437. The quantitative estimate of drug-likeness (QED) is 0.678. The molecule has 20 heavy (non-hydrogen) atoms. The van der Waals surface area contributed by atoms with E-state index in [9.17, 15) is 4.79 Å². The molecular formula is C17H27NO2. The third kappa shape index (κ3) is 4.34. The number of hydrogen-bond acceptors (Lipinski definition) is 3. The smallest absolute Gasteiger partial charge is 0.180 e. The van der Waals surface area contributed by atoms with Gasteiger partial charge in [0.05, 0.1) is 18.7 Å². The summed E-state index contributed by atoms with van der Waals surface area (Å²) in [6.07, 6.45) is 0. The van der Waals surface area contributed by atoms with Crippen molar-refractivity contribution in [3.63, 3.8) is 0 Å². The Labute approximate surface area is 122 Å². The number of rotatable bonds is 8. The maximum atomic E-state index is 12.5. The Kier molecular flexibility index (Phi) is 6.73. The highest BCUT2D eigenvalue weighted by Crippen LogP contribution is 2.25. The van der Waals surface area contributed by atoms with Crippen LogP contribution in [-0.4, -0.2) is 36.9 Å². The number of hydrogen-bond donors (Lipinski definition) is 0. The van der Waals surface area contributed by atoms with Crippen molar-refractivity contribution >= 4 is 5.78 Å². The summed E-state index contributed by atoms with van der Waals surface area (Å²) in [4.78, 5) is 14.6. The molecular weight excluding hydrogens is 250 g/mol. The average Bonchev–Trinajstić information content (AvgIpc) is 2.44. The maximum Gasteiger partial charge on any atom is 0.180 e. The van der Waals surface area contributed by atoms with E-state index in [1.54, 1.807) is 0 Å². The van der Waals surface area contributed by atoms with Crippen molar-refractivity contribution < 1.29 is 9.53 Å². The van der Waals surface area contributed by atoms with Gasteiger partial charge in [0.2, 0.25) is 0 Å². The van der Waals surface area contributed by atoms with E-state index in [1.807, 2.05) is 25.1 Å². The molecule has 1 aromatic rings. The molecule has 1 aromatic carbocycles. The predicted molar refractivity (Wildman–Crippen MR) is 83.8 cm³/mol. The Hall–Kier alpha value is -1.35. The number of carbonyl (C=O) groups is 1. The fraction of sp³-hybridized carbons (Fsp3) is 0.588. The van der Waals surface area contributed by atoms with Gasteiger partial charge in [0, 0.05) is 0 Å². The Morgan fingerprint density at radius 3 is 2.35 bits per heavy atom. The summed E-state index contributed by atoms with van der Waals surface area (Å²) < 4.78 is 5.60. The first-order valence-electron chi connectivity index (χ1n) is 7.55. The normalized spacial score (nSPS) is 11.2. The van der Waals surface area contributed by atoms with Crippen molar-refractivity contribution in [2.45, 2.75) is 40.5 Å². The highest BCUT2D eigenvalue weighted by Gasteiger charge is 2.16. The van der Waals surface area contributed by atoms with E-state index < -0.39 is 0 Å². The average molecular weight is 277 g/mol. The topological polar surface area (TPSA) is 29.5 Å². The second-order valence-corrected chi connectivity index (χ2v) is 5.23. The van der Waals surface area contributed by atoms with Gasteiger partial charge in [-0.05, 0) is 43.6 Å². The van der Waals surface area contributed by atoms with Crippen molar-refractivity contribution in [2.24, 2.45) is 0 Å². The van der Waals surface area contributed by atoms with Gasteiger partial charge in [-0.15, -0.1) is 0 Å². The molecule has 0 saturated carbocycles. The SMILES string of the molecule is CCOc1ccc(C(C)C)cc1C(=O)CN(CC)CC. The molecule has 0 unspecified atom stereocenters. The first kappa shape index (κ1) is 16.7. The van der Waals surface area contributed by atoms with Gasteiger partial charge < -0.3 is 4.74 Å². The van der Waals surface area contributed by atoms with Crippen molar-refractivity contribution in [1.82, 2.24) is 4.90 Å². The third-order valence-electron chi connectivity index (χ3n) is 3.53. The summed E-state index contributed by atoms with van der Waals surface area (Å²) >= 11 is 0. The summed E-state index contributed by atoms with van der Waals surface area (Å²) in [7, 11) is 0. The zero-order chi connectivity index (χ0) is 15.1. The highest BCUT2D eigenvalue weighted by molar-refractivity contribution is 6.00. The van der Waals surface area contributed by atoms with Crippen LogP contribution in [0.1, 0.15) is 56.5 Å². The Morgan fingerprint density at radius 1 is 1.20 bits per heavy atom. The van der Waals surface area contributed by atoms with E-state index in [0.29, 0.717) is 30.4 Å². The highest BCUT2D eigenvalue weighted by atomic mass is 16.5. The second-order valence-electron chi connectivity index (χ2n) is 5.23. The molecule has 0 heterocycles. The van der Waals surface area contributed by atoms with E-state index in [4.69, 9.17) is 4.74 Å². The van der Waals surface area contributed by atoms with Crippen molar-refractivity contribution in [2.75, 3.05) is 26.2 Å². The molecule has 0 saturated heterocycles. The molecule has 0 radical (unpaired) electrons. The number of likely N-dealkylation sites (N-methyl/N-ethyl adjacent to an activating group) is 1. The van der Waals surface area contributed by atoms with Crippen LogP contribution in [0.15, 0.2) is 18.2 Å². The van der Waals surface area contributed by atoms with E-state index in [2.05, 4.69) is 32.6 Å². The molecule has 0 bridgehead atoms. The van der Waals surface area contributed by atoms with Crippen LogP contribution in [0.25, 0.3) is 0 Å². The molecule has 0 aromatic heterocycles. The minimum atomic E-state index is 0.139. The van der Waals surface area contributed by atoms with Crippen LogP contribution < -0.4 is 4.74 Å². The Morgan fingerprint density at radius 2 is 1.85 bits per heavy atom. The Balaban J connectivity index is 3.04. The molecule has 3 heteroatoms. The third-order valence-corrected chi connectivity index (χ3v) is 3.53. The lowest BCUT2D eigenvalue weighted by Crippen LogP contribution is -2.29. The minimum Gasteiger partial charge on any atom is -0.493 e. The van der Waals surface area contributed by atoms with E-state index in [0.717, 1.165) is 13.1 Å². The summed E-state index contributed by atoms with van der Waals surface area (Å²) in [5.74, 6) is 1.25. The minimum absolute atomic E-state index is 0.139. The monoisotopic (exact) mass is 277 g/mol. The molecule has 3 nitrogen and oxygen atoms in total. The number of Topliss-reactive ketones (excluding diaryl/α,β-unsaturated/α-hetero) is 1. The van der Waals surface area contributed by atoms with Crippen LogP contribution in [0.5, 0.6) is 5.75 Å². The fourth-order valence-corrected chi connectivity index (χ4v) is 2.14. The van der Waals surface area contributed by atoms with E-state index in [1.165, 1.54) is 5.56 Å². The van der Waals surface area contributed by atoms with Crippen LogP contribution >= 0.6 is 0 Å². The first-order valence-corrected chi connectivity index (χ1v) is 7.55. The number of benzene rings is 1. The van der Waals surface area contributed by atoms with Gasteiger partial charge in [-0.2, -0.15) is 0 Å². The molecule has 0 fully saturated rings. The van der Waals surface area contributed by atoms with Gasteiger partial charge in [0.25, 0.3) is 0 Å². The second kappa shape index (κ2) is 8.05. The van der Waals surface area contributed by atoms with Crippen LogP contribution in [0.3, 0.4) is 0 Å². The summed E-state index contributed by atoms with van der Waals surface area (Å²) in [6.45, 7) is 13.2. The number of nitrogens with zero attached hydrogens (tertiary/aromatic N) is 1. The summed E-state index contributed by atoms with van der Waals surface area (Å²) in [6, 6.07) is 5.96. The number of carbonyl (C=O) groups excluding carboxylic acids is 1.